The average molecular weight is 217 g/mol. The Morgan fingerprint density at radius 2 is 2.38 bits per heavy atom. The SMILES string of the molecule is c1cc(OCC2CCCO2)c2cc[nH]c2c1. The largest absolute Gasteiger partial charge is 0.490 e. The van der Waals surface area contributed by atoms with Crippen molar-refractivity contribution in [3.05, 3.63) is 30.5 Å². The second-order valence-electron chi connectivity index (χ2n) is 4.14. The van der Waals surface area contributed by atoms with Gasteiger partial charge in [-0.3, -0.25) is 0 Å². The third-order valence-electron chi connectivity index (χ3n) is 3.00. The zero-order valence-corrected chi connectivity index (χ0v) is 9.11. The number of fused-ring (bicyclic) bond motifs is 1. The summed E-state index contributed by atoms with van der Waals surface area (Å²) < 4.78 is 11.4. The fourth-order valence-corrected chi connectivity index (χ4v) is 2.14. The van der Waals surface area contributed by atoms with Crippen LogP contribution in [0.1, 0.15) is 12.8 Å². The van der Waals surface area contributed by atoms with Crippen LogP contribution in [-0.2, 0) is 4.74 Å². The first kappa shape index (κ1) is 9.73. The maximum absolute atomic E-state index is 5.82. The molecule has 3 rings (SSSR count). The molecule has 0 aliphatic carbocycles. The molecule has 1 aliphatic heterocycles. The molecule has 0 radical (unpaired) electrons. The first-order valence-corrected chi connectivity index (χ1v) is 5.74. The van der Waals surface area contributed by atoms with Crippen molar-refractivity contribution < 1.29 is 9.47 Å². The first-order valence-electron chi connectivity index (χ1n) is 5.74. The van der Waals surface area contributed by atoms with Gasteiger partial charge in [-0.1, -0.05) is 6.07 Å². The molecule has 3 nitrogen and oxygen atoms in total. The van der Waals surface area contributed by atoms with Gasteiger partial charge in [-0.25, -0.2) is 0 Å². The lowest BCUT2D eigenvalue weighted by Gasteiger charge is -2.12. The van der Waals surface area contributed by atoms with Crippen LogP contribution in [0.2, 0.25) is 0 Å². The van der Waals surface area contributed by atoms with Crippen molar-refractivity contribution in [1.82, 2.24) is 4.98 Å². The van der Waals surface area contributed by atoms with E-state index in [0.717, 1.165) is 36.1 Å². The Morgan fingerprint density at radius 1 is 1.38 bits per heavy atom. The van der Waals surface area contributed by atoms with Crippen molar-refractivity contribution >= 4 is 10.9 Å². The van der Waals surface area contributed by atoms with Crippen LogP contribution in [-0.4, -0.2) is 24.3 Å². The zero-order chi connectivity index (χ0) is 10.8. The molecule has 1 N–H and O–H groups in total. The summed E-state index contributed by atoms with van der Waals surface area (Å²) in [6.07, 6.45) is 4.48. The van der Waals surface area contributed by atoms with E-state index in [4.69, 9.17) is 9.47 Å². The van der Waals surface area contributed by atoms with E-state index < -0.39 is 0 Å². The van der Waals surface area contributed by atoms with Gasteiger partial charge in [-0.2, -0.15) is 0 Å². The van der Waals surface area contributed by atoms with Crippen molar-refractivity contribution in [1.29, 1.82) is 0 Å². The maximum Gasteiger partial charge on any atom is 0.128 e. The Morgan fingerprint density at radius 3 is 3.25 bits per heavy atom. The standard InChI is InChI=1S/C13H15NO2/c1-4-12-11(6-7-14-12)13(5-1)16-9-10-3-2-8-15-10/h1,4-7,10,14H,2-3,8-9H2. The quantitative estimate of drug-likeness (QED) is 0.857. The number of aromatic amines is 1. The van der Waals surface area contributed by atoms with Crippen molar-refractivity contribution in [3.63, 3.8) is 0 Å². The number of H-pyrrole nitrogens is 1. The van der Waals surface area contributed by atoms with Crippen LogP contribution in [0.15, 0.2) is 30.5 Å². The summed E-state index contributed by atoms with van der Waals surface area (Å²) in [5.74, 6) is 0.939. The minimum absolute atomic E-state index is 0.272. The van der Waals surface area contributed by atoms with Crippen LogP contribution in [0, 0.1) is 0 Å². The first-order chi connectivity index (χ1) is 7.93. The Bertz CT molecular complexity index is 471. The number of nitrogens with one attached hydrogen (secondary N) is 1. The van der Waals surface area contributed by atoms with E-state index in [1.54, 1.807) is 0 Å². The molecule has 1 unspecified atom stereocenters. The van der Waals surface area contributed by atoms with Gasteiger partial charge in [0.2, 0.25) is 0 Å². The molecule has 1 atom stereocenters. The molecule has 0 bridgehead atoms. The predicted octanol–water partition coefficient (Wildman–Crippen LogP) is 2.73. The third-order valence-corrected chi connectivity index (χ3v) is 3.00. The van der Waals surface area contributed by atoms with E-state index in [2.05, 4.69) is 4.98 Å². The maximum atomic E-state index is 5.82. The Hall–Kier alpha value is -1.48. The van der Waals surface area contributed by atoms with Crippen LogP contribution in [0.25, 0.3) is 10.9 Å². The lowest BCUT2D eigenvalue weighted by molar-refractivity contribution is 0.0685. The lowest BCUT2D eigenvalue weighted by atomic mass is 10.2. The normalized spacial score (nSPS) is 20.4. The fraction of sp³-hybridized carbons (Fsp3) is 0.385. The summed E-state index contributed by atoms with van der Waals surface area (Å²) >= 11 is 0. The number of hydrogen-bond acceptors (Lipinski definition) is 2. The van der Waals surface area contributed by atoms with E-state index in [9.17, 15) is 0 Å². The number of ether oxygens (including phenoxy) is 2. The van der Waals surface area contributed by atoms with Gasteiger partial charge in [0.1, 0.15) is 12.4 Å². The average Bonchev–Trinajstić information content (AvgIpc) is 2.97. The molecule has 0 amide bonds. The Labute approximate surface area is 94.4 Å². The molecule has 2 heterocycles. The molecule has 3 heteroatoms. The van der Waals surface area contributed by atoms with E-state index >= 15 is 0 Å². The molecule has 2 aromatic rings. The number of aromatic nitrogens is 1. The van der Waals surface area contributed by atoms with Crippen molar-refractivity contribution in [2.45, 2.75) is 18.9 Å². The van der Waals surface area contributed by atoms with Gasteiger partial charge >= 0.3 is 0 Å². The Balaban J connectivity index is 1.75. The van der Waals surface area contributed by atoms with Gasteiger partial charge < -0.3 is 14.5 Å². The molecule has 1 saturated heterocycles. The van der Waals surface area contributed by atoms with Gasteiger partial charge in [-0.05, 0) is 31.0 Å². The molecule has 1 aromatic carbocycles. The third kappa shape index (κ3) is 1.78. The topological polar surface area (TPSA) is 34.2 Å². The van der Waals surface area contributed by atoms with Crippen LogP contribution < -0.4 is 4.74 Å². The van der Waals surface area contributed by atoms with Gasteiger partial charge in [-0.15, -0.1) is 0 Å². The lowest BCUT2D eigenvalue weighted by Crippen LogP contribution is -2.16. The summed E-state index contributed by atoms with van der Waals surface area (Å²) in [4.78, 5) is 3.18. The number of rotatable bonds is 3. The van der Waals surface area contributed by atoms with Gasteiger partial charge in [0.15, 0.2) is 0 Å². The van der Waals surface area contributed by atoms with Gasteiger partial charge in [0, 0.05) is 23.7 Å². The van der Waals surface area contributed by atoms with Crippen molar-refractivity contribution in [2.24, 2.45) is 0 Å². The van der Waals surface area contributed by atoms with Crippen LogP contribution >= 0.6 is 0 Å². The number of benzene rings is 1. The molecule has 0 saturated carbocycles. The Kier molecular flexibility index (Phi) is 2.54. The highest BCUT2D eigenvalue weighted by Crippen LogP contribution is 2.25. The summed E-state index contributed by atoms with van der Waals surface area (Å²) in [5, 5.41) is 1.14. The smallest absolute Gasteiger partial charge is 0.128 e. The summed E-state index contributed by atoms with van der Waals surface area (Å²) in [6, 6.07) is 8.10. The van der Waals surface area contributed by atoms with Gasteiger partial charge in [0.05, 0.1) is 6.10 Å². The highest BCUT2D eigenvalue weighted by Gasteiger charge is 2.16. The van der Waals surface area contributed by atoms with Crippen LogP contribution in [0.5, 0.6) is 5.75 Å². The predicted molar refractivity (Wildman–Crippen MR) is 62.8 cm³/mol. The molecule has 1 aromatic heterocycles. The molecule has 1 aliphatic rings. The second kappa shape index (κ2) is 4.18. The molecule has 84 valence electrons. The van der Waals surface area contributed by atoms with Crippen LogP contribution in [0.3, 0.4) is 0 Å². The summed E-state index contributed by atoms with van der Waals surface area (Å²) in [7, 11) is 0. The van der Waals surface area contributed by atoms with E-state index in [-0.39, 0.29) is 6.10 Å². The molecule has 16 heavy (non-hydrogen) atoms. The molecular weight excluding hydrogens is 202 g/mol. The zero-order valence-electron chi connectivity index (χ0n) is 9.11. The highest BCUT2D eigenvalue weighted by atomic mass is 16.5. The fourth-order valence-electron chi connectivity index (χ4n) is 2.14. The van der Waals surface area contributed by atoms with E-state index in [0.29, 0.717) is 6.61 Å². The molecule has 0 spiro atoms. The van der Waals surface area contributed by atoms with Crippen LogP contribution in [0.4, 0.5) is 0 Å². The second-order valence-corrected chi connectivity index (χ2v) is 4.14. The molecular formula is C13H15NO2. The molecule has 1 fully saturated rings. The van der Waals surface area contributed by atoms with Gasteiger partial charge in [0.25, 0.3) is 0 Å². The van der Waals surface area contributed by atoms with E-state index in [1.165, 1.54) is 0 Å². The monoisotopic (exact) mass is 217 g/mol. The minimum Gasteiger partial charge on any atom is -0.490 e. The van der Waals surface area contributed by atoms with Crippen molar-refractivity contribution in [2.75, 3.05) is 13.2 Å². The summed E-state index contributed by atoms with van der Waals surface area (Å²) in [6.45, 7) is 1.53. The number of hydrogen-bond donors (Lipinski definition) is 1. The van der Waals surface area contributed by atoms with E-state index in [1.807, 2.05) is 30.5 Å². The summed E-state index contributed by atoms with van der Waals surface area (Å²) in [5.41, 5.74) is 1.12. The minimum atomic E-state index is 0.272. The highest BCUT2D eigenvalue weighted by molar-refractivity contribution is 5.85. The van der Waals surface area contributed by atoms with Crippen molar-refractivity contribution in [3.8, 4) is 5.75 Å².